The van der Waals surface area contributed by atoms with E-state index in [1.807, 2.05) is 64.9 Å². The molecule has 0 N–H and O–H groups in total. The van der Waals surface area contributed by atoms with Crippen LogP contribution in [0.4, 0.5) is 5.69 Å². The van der Waals surface area contributed by atoms with E-state index in [0.29, 0.717) is 0 Å². The number of aliphatic imine (C=N–C) groups is 1. The molecule has 0 radical (unpaired) electrons. The van der Waals surface area contributed by atoms with Gasteiger partial charge in [-0.15, -0.1) is 0 Å². The molecule has 2 aliphatic rings. The molecule has 0 amide bonds. The van der Waals surface area contributed by atoms with Crippen LogP contribution in [0.15, 0.2) is 65.6 Å². The van der Waals surface area contributed by atoms with Crippen molar-refractivity contribution < 1.29 is 0 Å². The van der Waals surface area contributed by atoms with Gasteiger partial charge in [-0.1, -0.05) is 17.7 Å². The first-order valence-electron chi connectivity index (χ1n) is 5.27. The Labute approximate surface area is 105 Å². The second kappa shape index (κ2) is 4.11. The van der Waals surface area contributed by atoms with E-state index in [-0.39, 0.29) is 0 Å². The van der Waals surface area contributed by atoms with E-state index in [0.717, 1.165) is 16.4 Å². The van der Waals surface area contributed by atoms with Gasteiger partial charge in [0.2, 0.25) is 0 Å². The Morgan fingerprint density at radius 2 is 1.82 bits per heavy atom. The molecule has 0 saturated carbocycles. The number of benzene rings is 1. The Hall–Kier alpha value is -2.00. The molecule has 0 bridgehead atoms. The highest BCUT2D eigenvalue weighted by Crippen LogP contribution is 2.25. The molecule has 0 aromatic heterocycles. The van der Waals surface area contributed by atoms with Crippen LogP contribution < -0.4 is 5.01 Å². The highest BCUT2D eigenvalue weighted by atomic mass is 35.5. The van der Waals surface area contributed by atoms with Gasteiger partial charge in [0.15, 0.2) is 0 Å². The van der Waals surface area contributed by atoms with Crippen molar-refractivity contribution in [1.82, 2.24) is 5.01 Å². The van der Waals surface area contributed by atoms with Gasteiger partial charge in [0, 0.05) is 11.2 Å². The zero-order valence-electron chi connectivity index (χ0n) is 8.99. The molecule has 17 heavy (non-hydrogen) atoms. The summed E-state index contributed by atoms with van der Waals surface area (Å²) in [7, 11) is 0. The van der Waals surface area contributed by atoms with E-state index in [4.69, 9.17) is 11.6 Å². The normalized spacial score (nSPS) is 17.1. The molecule has 0 aliphatic carbocycles. The summed E-state index contributed by atoms with van der Waals surface area (Å²) in [5.74, 6) is 0. The Bertz CT molecular complexity index is 540. The molecule has 0 fully saturated rings. The van der Waals surface area contributed by atoms with Crippen molar-refractivity contribution in [2.24, 2.45) is 4.99 Å². The van der Waals surface area contributed by atoms with Crippen molar-refractivity contribution in [2.75, 3.05) is 5.01 Å². The Morgan fingerprint density at radius 3 is 2.65 bits per heavy atom. The third-order valence-corrected chi connectivity index (χ3v) is 2.83. The summed E-state index contributed by atoms with van der Waals surface area (Å²) in [4.78, 5) is 4.22. The number of anilines is 1. The summed E-state index contributed by atoms with van der Waals surface area (Å²) in [6, 6.07) is 7.66. The van der Waals surface area contributed by atoms with Crippen LogP contribution in [0, 0.1) is 0 Å². The van der Waals surface area contributed by atoms with Crippen LogP contribution in [0.25, 0.3) is 0 Å². The largest absolute Gasteiger partial charge is 0.254 e. The van der Waals surface area contributed by atoms with Gasteiger partial charge >= 0.3 is 0 Å². The lowest BCUT2D eigenvalue weighted by atomic mass is 10.3. The second-order valence-electron chi connectivity index (χ2n) is 3.68. The fourth-order valence-electron chi connectivity index (χ4n) is 1.76. The van der Waals surface area contributed by atoms with E-state index in [2.05, 4.69) is 4.99 Å². The number of halogens is 1. The highest BCUT2D eigenvalue weighted by molar-refractivity contribution is 6.30. The van der Waals surface area contributed by atoms with E-state index in [1.165, 1.54) is 0 Å². The molecule has 1 aromatic carbocycles. The predicted molar refractivity (Wildman–Crippen MR) is 70.6 cm³/mol. The molecule has 2 heterocycles. The molecule has 4 heteroatoms. The average Bonchev–Trinajstić information content (AvgIpc) is 2.39. The van der Waals surface area contributed by atoms with Crippen molar-refractivity contribution in [2.45, 2.75) is 0 Å². The van der Waals surface area contributed by atoms with Gasteiger partial charge in [-0.25, -0.2) is 10.0 Å². The van der Waals surface area contributed by atoms with Gasteiger partial charge in [-0.3, -0.25) is 5.01 Å². The van der Waals surface area contributed by atoms with Gasteiger partial charge in [0.1, 0.15) is 6.34 Å². The van der Waals surface area contributed by atoms with Crippen LogP contribution in [0.5, 0.6) is 0 Å². The predicted octanol–water partition coefficient (Wildman–Crippen LogP) is 3.33. The third-order valence-electron chi connectivity index (χ3n) is 2.58. The Kier molecular flexibility index (Phi) is 2.46. The fourth-order valence-corrected chi connectivity index (χ4v) is 1.89. The molecule has 1 aromatic rings. The molecule has 0 atom stereocenters. The Morgan fingerprint density at radius 1 is 1.00 bits per heavy atom. The first-order valence-corrected chi connectivity index (χ1v) is 5.65. The van der Waals surface area contributed by atoms with E-state index in [1.54, 1.807) is 6.34 Å². The SMILES string of the molecule is Clc1ccc(N2C=NC=C3C=CC=CN32)cc1. The monoisotopic (exact) mass is 243 g/mol. The standard InChI is InChI=1S/C13H10ClN3/c14-11-4-6-12(7-5-11)17-10-15-9-13-3-1-2-8-16(13)17/h1-10H. The third kappa shape index (κ3) is 1.85. The lowest BCUT2D eigenvalue weighted by molar-refractivity contribution is 0.495. The minimum Gasteiger partial charge on any atom is -0.254 e. The summed E-state index contributed by atoms with van der Waals surface area (Å²) in [6.07, 6.45) is 11.6. The molecule has 0 unspecified atom stereocenters. The van der Waals surface area contributed by atoms with Gasteiger partial charge in [0.25, 0.3) is 0 Å². The van der Waals surface area contributed by atoms with Gasteiger partial charge in [0.05, 0.1) is 17.6 Å². The molecular formula is C13H10ClN3. The molecule has 84 valence electrons. The number of hydrogen-bond acceptors (Lipinski definition) is 3. The van der Waals surface area contributed by atoms with Gasteiger partial charge < -0.3 is 0 Å². The van der Waals surface area contributed by atoms with Crippen molar-refractivity contribution in [3.8, 4) is 0 Å². The van der Waals surface area contributed by atoms with Crippen LogP contribution in [-0.4, -0.2) is 11.3 Å². The maximum Gasteiger partial charge on any atom is 0.116 e. The molecular weight excluding hydrogens is 234 g/mol. The topological polar surface area (TPSA) is 18.8 Å². The summed E-state index contributed by atoms with van der Waals surface area (Å²) in [5, 5.41) is 4.72. The van der Waals surface area contributed by atoms with Crippen LogP contribution >= 0.6 is 11.6 Å². The number of nitrogens with zero attached hydrogens (tertiary/aromatic N) is 3. The lowest BCUT2D eigenvalue weighted by Gasteiger charge is -2.35. The molecule has 3 nitrogen and oxygen atoms in total. The second-order valence-corrected chi connectivity index (χ2v) is 4.12. The van der Waals surface area contributed by atoms with Crippen molar-refractivity contribution in [1.29, 1.82) is 0 Å². The summed E-state index contributed by atoms with van der Waals surface area (Å²) < 4.78 is 0. The summed E-state index contributed by atoms with van der Waals surface area (Å²) in [5.41, 5.74) is 2.05. The zero-order chi connectivity index (χ0) is 11.7. The number of rotatable bonds is 1. The minimum atomic E-state index is 0.729. The van der Waals surface area contributed by atoms with Crippen LogP contribution in [0.1, 0.15) is 0 Å². The van der Waals surface area contributed by atoms with Crippen molar-refractivity contribution >= 4 is 23.6 Å². The number of allylic oxidation sites excluding steroid dienone is 3. The number of hydrazine groups is 1. The first-order chi connectivity index (χ1) is 8.34. The minimum absolute atomic E-state index is 0.729. The van der Waals surface area contributed by atoms with Gasteiger partial charge in [-0.05, 0) is 36.4 Å². The molecule has 3 rings (SSSR count). The maximum atomic E-state index is 5.89. The van der Waals surface area contributed by atoms with Crippen LogP contribution in [-0.2, 0) is 0 Å². The van der Waals surface area contributed by atoms with Crippen molar-refractivity contribution in [3.63, 3.8) is 0 Å². The molecule has 0 saturated heterocycles. The average molecular weight is 244 g/mol. The number of fused-ring (bicyclic) bond motifs is 1. The first kappa shape index (κ1) is 10.2. The quantitative estimate of drug-likeness (QED) is 0.754. The van der Waals surface area contributed by atoms with Crippen molar-refractivity contribution in [3.05, 3.63) is 65.6 Å². The van der Waals surface area contributed by atoms with Crippen LogP contribution in [0.3, 0.4) is 0 Å². The lowest BCUT2D eigenvalue weighted by Crippen LogP contribution is -2.39. The smallest absolute Gasteiger partial charge is 0.116 e. The van der Waals surface area contributed by atoms with E-state index < -0.39 is 0 Å². The fraction of sp³-hybridized carbons (Fsp3) is 0. The van der Waals surface area contributed by atoms with Crippen LogP contribution in [0.2, 0.25) is 5.02 Å². The highest BCUT2D eigenvalue weighted by Gasteiger charge is 2.18. The van der Waals surface area contributed by atoms with E-state index in [9.17, 15) is 0 Å². The molecule has 2 aliphatic heterocycles. The summed E-state index contributed by atoms with van der Waals surface area (Å²) in [6.45, 7) is 0. The summed E-state index contributed by atoms with van der Waals surface area (Å²) >= 11 is 5.89. The molecule has 0 spiro atoms. The zero-order valence-corrected chi connectivity index (χ0v) is 9.75. The van der Waals surface area contributed by atoms with E-state index >= 15 is 0 Å². The maximum absolute atomic E-state index is 5.89. The van der Waals surface area contributed by atoms with Gasteiger partial charge in [-0.2, -0.15) is 0 Å². The number of hydrogen-bond donors (Lipinski definition) is 0. The Balaban J connectivity index is 1.97.